The van der Waals surface area contributed by atoms with Crippen LogP contribution in [-0.4, -0.2) is 68.4 Å². The van der Waals surface area contributed by atoms with E-state index >= 15 is 0 Å². The fourth-order valence-corrected chi connectivity index (χ4v) is 4.35. The van der Waals surface area contributed by atoms with Gasteiger partial charge >= 0.3 is 11.8 Å². The first-order valence-electron chi connectivity index (χ1n) is 10.7. The van der Waals surface area contributed by atoms with Crippen LogP contribution in [0.2, 0.25) is 5.15 Å². The lowest BCUT2D eigenvalue weighted by Crippen LogP contribution is -2.54. The van der Waals surface area contributed by atoms with E-state index in [4.69, 9.17) is 16.3 Å². The number of halogens is 2. The Morgan fingerprint density at radius 3 is 2.68 bits per heavy atom. The Morgan fingerprint density at radius 1 is 1.32 bits per heavy atom. The van der Waals surface area contributed by atoms with Crippen LogP contribution >= 0.6 is 11.6 Å². The fourth-order valence-electron chi connectivity index (χ4n) is 4.21. The summed E-state index contributed by atoms with van der Waals surface area (Å²) >= 11 is 6.04. The number of fused-ring (bicyclic) bond motifs is 1. The van der Waals surface area contributed by atoms with Crippen LogP contribution in [-0.2, 0) is 0 Å². The maximum absolute atomic E-state index is 14.6. The third kappa shape index (κ3) is 4.00. The van der Waals surface area contributed by atoms with Gasteiger partial charge in [-0.2, -0.15) is 4.98 Å². The highest BCUT2D eigenvalue weighted by Crippen LogP contribution is 2.34. The van der Waals surface area contributed by atoms with Crippen LogP contribution in [0.3, 0.4) is 0 Å². The first kappa shape index (κ1) is 23.7. The lowest BCUT2D eigenvalue weighted by atomic mass is 10.1. The maximum Gasteiger partial charge on any atom is 0.407 e. The Bertz CT molecular complexity index is 1330. The van der Waals surface area contributed by atoms with E-state index in [0.29, 0.717) is 17.1 Å². The zero-order chi connectivity index (χ0) is 24.7. The second-order valence-electron chi connectivity index (χ2n) is 8.36. The van der Waals surface area contributed by atoms with E-state index in [0.717, 1.165) is 0 Å². The van der Waals surface area contributed by atoms with Crippen molar-refractivity contribution in [1.29, 1.82) is 0 Å². The average Bonchev–Trinajstić information content (AvgIpc) is 2.79. The van der Waals surface area contributed by atoms with E-state index < -0.39 is 22.8 Å². The van der Waals surface area contributed by atoms with Gasteiger partial charge in [-0.25, -0.2) is 23.5 Å². The van der Waals surface area contributed by atoms with E-state index in [9.17, 15) is 19.1 Å². The van der Waals surface area contributed by atoms with Crippen molar-refractivity contribution < 1.29 is 19.0 Å². The molecule has 34 heavy (non-hydrogen) atoms. The van der Waals surface area contributed by atoms with Gasteiger partial charge in [-0.1, -0.05) is 25.4 Å². The van der Waals surface area contributed by atoms with Crippen LogP contribution in [0.1, 0.15) is 32.4 Å². The van der Waals surface area contributed by atoms with E-state index in [1.807, 2.05) is 20.8 Å². The van der Waals surface area contributed by atoms with Crippen molar-refractivity contribution in [2.24, 2.45) is 0 Å². The van der Waals surface area contributed by atoms with Gasteiger partial charge in [0.15, 0.2) is 16.6 Å². The number of carbonyl (C=O) groups is 1. The summed E-state index contributed by atoms with van der Waals surface area (Å²) in [6.45, 7) is 6.35. The van der Waals surface area contributed by atoms with Gasteiger partial charge < -0.3 is 19.6 Å². The molecule has 0 aromatic carbocycles. The van der Waals surface area contributed by atoms with E-state index in [-0.39, 0.29) is 48.4 Å². The molecule has 1 atom stereocenters. The van der Waals surface area contributed by atoms with Crippen molar-refractivity contribution in [3.05, 3.63) is 45.5 Å². The number of hydrogen-bond acceptors (Lipinski definition) is 7. The van der Waals surface area contributed by atoms with Crippen molar-refractivity contribution in [2.75, 3.05) is 31.6 Å². The van der Waals surface area contributed by atoms with Crippen molar-refractivity contribution in [3.8, 4) is 11.4 Å². The topological polar surface area (TPSA) is 114 Å². The minimum absolute atomic E-state index is 0.0771. The fraction of sp³-hybridized carbons (Fsp3) is 0.409. The monoisotopic (exact) mass is 490 g/mol. The standard InChI is InChI=1S/C22H24ClFN6O4/c1-11(2)16-17(15(34-4)5-6-25-16)30-20-13(9-14(24)18(23)26-20)19(27-21(30)31)29-8-7-28(22(32)33)10-12(29)3/h5-6,9,11-12H,7-8,10H2,1-4H3,(H,32,33)/t12-/m0/s1. The molecule has 3 aromatic rings. The molecule has 180 valence electrons. The van der Waals surface area contributed by atoms with Crippen LogP contribution in [0.25, 0.3) is 16.7 Å². The number of methoxy groups -OCH3 is 1. The minimum Gasteiger partial charge on any atom is -0.494 e. The van der Waals surface area contributed by atoms with E-state index in [1.54, 1.807) is 17.2 Å². The molecule has 4 heterocycles. The quantitative estimate of drug-likeness (QED) is 0.554. The number of nitrogens with zero attached hydrogens (tertiary/aromatic N) is 6. The first-order chi connectivity index (χ1) is 16.1. The van der Waals surface area contributed by atoms with Crippen LogP contribution in [0.15, 0.2) is 23.1 Å². The van der Waals surface area contributed by atoms with Gasteiger partial charge in [-0.15, -0.1) is 0 Å². The van der Waals surface area contributed by atoms with Crippen molar-refractivity contribution in [3.63, 3.8) is 0 Å². The lowest BCUT2D eigenvalue weighted by molar-refractivity contribution is 0.136. The molecule has 1 amide bonds. The molecule has 0 spiro atoms. The lowest BCUT2D eigenvalue weighted by Gasteiger charge is -2.39. The predicted molar refractivity (Wildman–Crippen MR) is 125 cm³/mol. The first-order valence-corrected chi connectivity index (χ1v) is 11.1. The number of pyridine rings is 2. The molecule has 1 saturated heterocycles. The molecule has 0 bridgehead atoms. The molecule has 0 unspecified atom stereocenters. The number of carboxylic acid groups (broad SMARTS) is 1. The van der Waals surface area contributed by atoms with Gasteiger partial charge in [0.05, 0.1) is 18.2 Å². The van der Waals surface area contributed by atoms with Gasteiger partial charge in [0, 0.05) is 37.9 Å². The van der Waals surface area contributed by atoms with Crippen molar-refractivity contribution in [1.82, 2.24) is 24.4 Å². The molecule has 4 rings (SSSR count). The Balaban J connectivity index is 2.01. The van der Waals surface area contributed by atoms with Crippen LogP contribution in [0, 0.1) is 5.82 Å². The van der Waals surface area contributed by atoms with Crippen LogP contribution in [0.5, 0.6) is 5.75 Å². The molecule has 0 saturated carbocycles. The molecule has 10 nitrogen and oxygen atoms in total. The summed E-state index contributed by atoms with van der Waals surface area (Å²) in [6, 6.07) is 2.50. The number of aromatic nitrogens is 4. The van der Waals surface area contributed by atoms with Crippen LogP contribution in [0.4, 0.5) is 15.0 Å². The molecule has 0 aliphatic carbocycles. The third-order valence-corrected chi connectivity index (χ3v) is 6.10. The highest BCUT2D eigenvalue weighted by molar-refractivity contribution is 6.30. The zero-order valence-electron chi connectivity index (χ0n) is 19.1. The van der Waals surface area contributed by atoms with E-state index in [2.05, 4.69) is 15.0 Å². The normalized spacial score (nSPS) is 16.4. The average molecular weight is 491 g/mol. The smallest absolute Gasteiger partial charge is 0.407 e. The number of ether oxygens (including phenoxy) is 1. The van der Waals surface area contributed by atoms with E-state index in [1.165, 1.54) is 22.6 Å². The maximum atomic E-state index is 14.6. The summed E-state index contributed by atoms with van der Waals surface area (Å²) in [4.78, 5) is 40.9. The van der Waals surface area contributed by atoms with Gasteiger partial charge in [0.25, 0.3) is 0 Å². The summed E-state index contributed by atoms with van der Waals surface area (Å²) in [7, 11) is 1.47. The van der Waals surface area contributed by atoms with Crippen molar-refractivity contribution in [2.45, 2.75) is 32.7 Å². The summed E-state index contributed by atoms with van der Waals surface area (Å²) in [6.07, 6.45) is 0.556. The molecule has 1 aliphatic heterocycles. The van der Waals surface area contributed by atoms with Crippen molar-refractivity contribution >= 4 is 34.5 Å². The second-order valence-corrected chi connectivity index (χ2v) is 8.72. The Morgan fingerprint density at radius 2 is 2.06 bits per heavy atom. The molecule has 1 N–H and O–H groups in total. The second kappa shape index (κ2) is 9.05. The number of piperazine rings is 1. The molecule has 1 aliphatic rings. The summed E-state index contributed by atoms with van der Waals surface area (Å²) < 4.78 is 21.3. The van der Waals surface area contributed by atoms with Gasteiger partial charge in [0.1, 0.15) is 17.3 Å². The summed E-state index contributed by atoms with van der Waals surface area (Å²) in [5.74, 6) is -0.249. The molecule has 3 aromatic heterocycles. The van der Waals surface area contributed by atoms with Gasteiger partial charge in [0.2, 0.25) is 0 Å². The largest absolute Gasteiger partial charge is 0.494 e. The predicted octanol–water partition coefficient (Wildman–Crippen LogP) is 3.29. The molecular formula is C22H24ClFN6O4. The molecule has 12 heteroatoms. The Kier molecular flexibility index (Phi) is 6.30. The van der Waals surface area contributed by atoms with Gasteiger partial charge in [-0.3, -0.25) is 4.98 Å². The summed E-state index contributed by atoms with van der Waals surface area (Å²) in [5.41, 5.74) is 0.358. The highest BCUT2D eigenvalue weighted by atomic mass is 35.5. The Hall–Kier alpha value is -3.47. The number of rotatable bonds is 4. The number of amides is 1. The number of hydrogen-bond donors (Lipinski definition) is 1. The number of anilines is 1. The molecular weight excluding hydrogens is 467 g/mol. The summed E-state index contributed by atoms with van der Waals surface area (Å²) in [5, 5.41) is 9.19. The third-order valence-electron chi connectivity index (χ3n) is 5.83. The SMILES string of the molecule is COc1ccnc(C(C)C)c1-n1c(=O)nc(N2CCN(C(=O)O)C[C@@H]2C)c2cc(F)c(Cl)nc21. The zero-order valence-corrected chi connectivity index (χ0v) is 19.9. The van der Waals surface area contributed by atoms with Gasteiger partial charge in [-0.05, 0) is 18.9 Å². The van der Waals surface area contributed by atoms with Crippen LogP contribution < -0.4 is 15.3 Å². The molecule has 1 fully saturated rings. The Labute approximate surface area is 199 Å². The minimum atomic E-state index is -1.02. The highest BCUT2D eigenvalue weighted by Gasteiger charge is 2.31. The molecule has 0 radical (unpaired) electrons.